The first-order chi connectivity index (χ1) is 4.04. The van der Waals surface area contributed by atoms with Crippen LogP contribution >= 0.6 is 0 Å². The van der Waals surface area contributed by atoms with Crippen molar-refractivity contribution in [2.75, 3.05) is 13.6 Å². The number of carboxylic acid groups (broad SMARTS) is 1. The van der Waals surface area contributed by atoms with Crippen LogP contribution in [0.15, 0.2) is 0 Å². The quantitative estimate of drug-likeness (QED) is 0.235. The number of nitrogens with zero attached hydrogens (tertiary/aromatic N) is 1. The molecule has 0 aromatic heterocycles. The summed E-state index contributed by atoms with van der Waals surface area (Å²) in [4.78, 5) is 11.0. The van der Waals surface area contributed by atoms with Gasteiger partial charge in [0.2, 0.25) is 0 Å². The monoisotopic (exact) mass is 193 g/mol. The molecule has 0 aliphatic heterocycles. The topological polar surface area (TPSA) is 153 Å². The predicted octanol–water partition coefficient (Wildman–Crippen LogP) is -3.67. The molecule has 0 rings (SSSR count). The number of guanidine groups is 1. The smallest absolute Gasteiger partial charge is 0.323 e. The lowest BCUT2D eigenvalue weighted by Gasteiger charge is -2.12. The van der Waals surface area contributed by atoms with Crippen molar-refractivity contribution in [2.24, 2.45) is 5.73 Å². The van der Waals surface area contributed by atoms with E-state index in [4.69, 9.17) is 16.2 Å². The minimum Gasteiger partial charge on any atom is -0.480 e. The highest BCUT2D eigenvalue weighted by atomic mass is 24.3. The van der Waals surface area contributed by atoms with Gasteiger partial charge in [-0.3, -0.25) is 10.2 Å². The number of carbonyl (C=O) groups is 1. The van der Waals surface area contributed by atoms with Crippen LogP contribution in [0, 0.1) is 5.41 Å². The van der Waals surface area contributed by atoms with Crippen LogP contribution in [-0.4, -0.2) is 69.5 Å². The van der Waals surface area contributed by atoms with Crippen molar-refractivity contribution in [2.45, 2.75) is 0 Å². The fourth-order valence-corrected chi connectivity index (χ4v) is 0.288. The highest BCUT2D eigenvalue weighted by Crippen LogP contribution is 1.76. The van der Waals surface area contributed by atoms with Gasteiger partial charge in [0.05, 0.1) is 0 Å². The molecule has 0 unspecified atom stereocenters. The molecular formula is C4H15MgN3O4. The molecule has 0 heterocycles. The molecule has 0 spiro atoms. The number of rotatable bonds is 2. The van der Waals surface area contributed by atoms with Crippen molar-refractivity contribution >= 4 is 35.0 Å². The van der Waals surface area contributed by atoms with E-state index in [-0.39, 0.29) is 46.5 Å². The molecule has 0 radical (unpaired) electrons. The molecular weight excluding hydrogens is 178 g/mol. The van der Waals surface area contributed by atoms with Crippen LogP contribution in [0.25, 0.3) is 0 Å². The molecule has 0 amide bonds. The van der Waals surface area contributed by atoms with E-state index in [9.17, 15) is 4.79 Å². The summed E-state index contributed by atoms with van der Waals surface area (Å²) in [5.41, 5.74) is 4.93. The van der Waals surface area contributed by atoms with Gasteiger partial charge in [0.15, 0.2) is 5.96 Å². The SMILES string of the molecule is CN(CC(=O)O)C(=N)N.O.O.[MgH2]. The summed E-state index contributed by atoms with van der Waals surface area (Å²) in [6.07, 6.45) is 0. The van der Waals surface area contributed by atoms with E-state index in [1.54, 1.807) is 0 Å². The van der Waals surface area contributed by atoms with Gasteiger partial charge in [-0.05, 0) is 0 Å². The Balaban J connectivity index is -0.000000107. The zero-order valence-electron chi connectivity index (χ0n) is 6.09. The highest BCUT2D eigenvalue weighted by molar-refractivity contribution is 5.79. The zero-order valence-corrected chi connectivity index (χ0v) is 6.09. The fraction of sp³-hybridized carbons (Fsp3) is 0.500. The van der Waals surface area contributed by atoms with E-state index in [2.05, 4.69) is 0 Å². The normalized spacial score (nSPS) is 6.42. The van der Waals surface area contributed by atoms with Gasteiger partial charge >= 0.3 is 29.0 Å². The van der Waals surface area contributed by atoms with Crippen molar-refractivity contribution in [3.05, 3.63) is 0 Å². The molecule has 0 saturated carbocycles. The second kappa shape index (κ2) is 10.4. The largest absolute Gasteiger partial charge is 0.480 e. The van der Waals surface area contributed by atoms with E-state index in [1.165, 1.54) is 7.05 Å². The van der Waals surface area contributed by atoms with Gasteiger partial charge < -0.3 is 26.7 Å². The number of hydrogen-bond acceptors (Lipinski definition) is 2. The fourth-order valence-electron chi connectivity index (χ4n) is 0.288. The van der Waals surface area contributed by atoms with Crippen molar-refractivity contribution in [1.29, 1.82) is 5.41 Å². The summed E-state index contributed by atoms with van der Waals surface area (Å²) in [6, 6.07) is 0. The third kappa shape index (κ3) is 12.1. The molecule has 0 atom stereocenters. The number of likely N-dealkylation sites (N-methyl/N-ethyl adjacent to an activating group) is 1. The van der Waals surface area contributed by atoms with Crippen molar-refractivity contribution in [3.63, 3.8) is 0 Å². The van der Waals surface area contributed by atoms with Gasteiger partial charge in [0.1, 0.15) is 6.54 Å². The van der Waals surface area contributed by atoms with Crippen LogP contribution < -0.4 is 5.73 Å². The van der Waals surface area contributed by atoms with Gasteiger partial charge in [-0.2, -0.15) is 0 Å². The highest BCUT2D eigenvalue weighted by Gasteiger charge is 2.03. The summed E-state index contributed by atoms with van der Waals surface area (Å²) < 4.78 is 0. The molecule has 0 aliphatic rings. The summed E-state index contributed by atoms with van der Waals surface area (Å²) >= 11 is 0. The third-order valence-corrected chi connectivity index (χ3v) is 0.784. The molecule has 0 aliphatic carbocycles. The van der Waals surface area contributed by atoms with Crippen molar-refractivity contribution in [1.82, 2.24) is 4.90 Å². The second-order valence-electron chi connectivity index (χ2n) is 1.64. The lowest BCUT2D eigenvalue weighted by atomic mass is 10.6. The molecule has 8 heteroatoms. The minimum absolute atomic E-state index is 0. The van der Waals surface area contributed by atoms with E-state index in [0.29, 0.717) is 0 Å². The Morgan fingerprint density at radius 1 is 1.58 bits per heavy atom. The molecule has 0 aromatic rings. The van der Waals surface area contributed by atoms with Gasteiger partial charge in [0.25, 0.3) is 0 Å². The molecule has 72 valence electrons. The van der Waals surface area contributed by atoms with Crippen LogP contribution in [0.4, 0.5) is 0 Å². The van der Waals surface area contributed by atoms with Crippen LogP contribution in [0.3, 0.4) is 0 Å². The van der Waals surface area contributed by atoms with E-state index < -0.39 is 5.97 Å². The number of nitrogens with one attached hydrogen (secondary N) is 1. The first-order valence-corrected chi connectivity index (χ1v) is 2.31. The van der Waals surface area contributed by atoms with Crippen molar-refractivity contribution < 1.29 is 20.9 Å². The minimum atomic E-state index is -0.993. The number of aliphatic carboxylic acids is 1. The first-order valence-electron chi connectivity index (χ1n) is 2.31. The zero-order chi connectivity index (χ0) is 7.44. The summed E-state index contributed by atoms with van der Waals surface area (Å²) in [5.74, 6) is -1.23. The van der Waals surface area contributed by atoms with Crippen LogP contribution in [0.1, 0.15) is 0 Å². The standard InChI is InChI=1S/C4H9N3O2.Mg.2H2O.2H/c1-7(4(5)6)2-3(8)9;;;;;/h2H2,1H3,(H3,5,6)(H,8,9);;2*1H2;;. The van der Waals surface area contributed by atoms with Gasteiger partial charge in [-0.15, -0.1) is 0 Å². The average Bonchev–Trinajstić information content (AvgIpc) is 1.63. The van der Waals surface area contributed by atoms with E-state index in [1.807, 2.05) is 0 Å². The Bertz CT molecular complexity index is 142. The predicted molar refractivity (Wildman–Crippen MR) is 48.0 cm³/mol. The Morgan fingerprint density at radius 2 is 1.92 bits per heavy atom. The van der Waals surface area contributed by atoms with Gasteiger partial charge in [-0.25, -0.2) is 0 Å². The lowest BCUT2D eigenvalue weighted by Crippen LogP contribution is -2.36. The second-order valence-corrected chi connectivity index (χ2v) is 1.64. The van der Waals surface area contributed by atoms with Crippen molar-refractivity contribution in [3.8, 4) is 0 Å². The Labute approximate surface area is 85.8 Å². The van der Waals surface area contributed by atoms with Gasteiger partial charge in [-0.1, -0.05) is 0 Å². The molecule has 0 bridgehead atoms. The number of nitrogens with two attached hydrogens (primary N) is 1. The maximum atomic E-state index is 9.92. The summed E-state index contributed by atoms with van der Waals surface area (Å²) in [6.45, 7) is -0.227. The van der Waals surface area contributed by atoms with E-state index >= 15 is 0 Å². The molecule has 8 N–H and O–H groups in total. The average molecular weight is 193 g/mol. The van der Waals surface area contributed by atoms with Crippen LogP contribution in [-0.2, 0) is 4.79 Å². The molecule has 0 saturated heterocycles. The molecule has 0 aromatic carbocycles. The molecule has 12 heavy (non-hydrogen) atoms. The maximum Gasteiger partial charge on any atom is 0.323 e. The number of hydrogen-bond donors (Lipinski definition) is 3. The van der Waals surface area contributed by atoms with Crippen LogP contribution in [0.5, 0.6) is 0 Å². The third-order valence-electron chi connectivity index (χ3n) is 0.784. The maximum absolute atomic E-state index is 9.92. The summed E-state index contributed by atoms with van der Waals surface area (Å²) in [5, 5.41) is 14.9. The lowest BCUT2D eigenvalue weighted by molar-refractivity contribution is -0.137. The van der Waals surface area contributed by atoms with Gasteiger partial charge in [0, 0.05) is 7.05 Å². The first kappa shape index (κ1) is 22.5. The number of carboxylic acids is 1. The molecule has 0 fully saturated rings. The van der Waals surface area contributed by atoms with Crippen LogP contribution in [0.2, 0.25) is 0 Å². The Morgan fingerprint density at radius 3 is 2.00 bits per heavy atom. The Kier molecular flexibility index (Phi) is 19.6. The van der Waals surface area contributed by atoms with E-state index in [0.717, 1.165) is 4.90 Å². The summed E-state index contributed by atoms with van der Waals surface area (Å²) in [7, 11) is 1.44. The molecule has 7 nitrogen and oxygen atoms in total. The Hall–Kier alpha value is -0.574.